The monoisotopic (exact) mass is 172 g/mol. The third-order valence-electron chi connectivity index (χ3n) is 1.11. The molecular formula is C8H12O4. The second-order valence-corrected chi connectivity index (χ2v) is 2.04. The Bertz CT molecular complexity index is 205. The van der Waals surface area contributed by atoms with Crippen LogP contribution in [0.2, 0.25) is 0 Å². The summed E-state index contributed by atoms with van der Waals surface area (Å²) >= 11 is 0. The Hall–Kier alpha value is -1.32. The van der Waals surface area contributed by atoms with Crippen LogP contribution in [0.4, 0.5) is 0 Å². The highest BCUT2D eigenvalue weighted by molar-refractivity contribution is 6.16. The quantitative estimate of drug-likeness (QED) is 0.205. The Labute approximate surface area is 71.2 Å². The molecule has 0 fully saturated rings. The van der Waals surface area contributed by atoms with Gasteiger partial charge in [-0.3, -0.25) is 4.79 Å². The van der Waals surface area contributed by atoms with Crippen molar-refractivity contribution >= 4 is 11.8 Å². The van der Waals surface area contributed by atoms with Crippen LogP contribution >= 0.6 is 0 Å². The van der Waals surface area contributed by atoms with E-state index in [-0.39, 0.29) is 18.0 Å². The molecule has 0 bridgehead atoms. The number of carbonyl (C=O) groups is 2. The van der Waals surface area contributed by atoms with Gasteiger partial charge in [0.2, 0.25) is 0 Å². The Balaban J connectivity index is 4.41. The fourth-order valence-corrected chi connectivity index (χ4v) is 0.602. The standard InChI is InChI=1S/C8H12O4/c1-4-12-8(10)7(5-11-3)6(2)9/h5H,4H2,1-3H3/b7-5+. The highest BCUT2D eigenvalue weighted by Gasteiger charge is 2.15. The summed E-state index contributed by atoms with van der Waals surface area (Å²) in [6, 6.07) is 0. The summed E-state index contributed by atoms with van der Waals surface area (Å²) in [6.07, 6.45) is 1.08. The van der Waals surface area contributed by atoms with E-state index in [9.17, 15) is 9.59 Å². The number of carbonyl (C=O) groups excluding carboxylic acids is 2. The van der Waals surface area contributed by atoms with E-state index in [0.29, 0.717) is 0 Å². The van der Waals surface area contributed by atoms with Crippen LogP contribution in [0.5, 0.6) is 0 Å². The van der Waals surface area contributed by atoms with Crippen LogP contribution in [0, 0.1) is 0 Å². The number of esters is 1. The molecule has 0 radical (unpaired) electrons. The first-order valence-corrected chi connectivity index (χ1v) is 3.54. The van der Waals surface area contributed by atoms with Gasteiger partial charge in [-0.05, 0) is 13.8 Å². The van der Waals surface area contributed by atoms with E-state index >= 15 is 0 Å². The molecule has 0 aromatic heterocycles. The summed E-state index contributed by atoms with van der Waals surface area (Å²) in [5.41, 5.74) is -0.0700. The molecule has 0 saturated heterocycles. The zero-order chi connectivity index (χ0) is 9.56. The zero-order valence-electron chi connectivity index (χ0n) is 7.42. The molecule has 0 aliphatic heterocycles. The van der Waals surface area contributed by atoms with E-state index in [1.165, 1.54) is 14.0 Å². The predicted octanol–water partition coefficient (Wildman–Crippen LogP) is 0.669. The average Bonchev–Trinajstić information content (AvgIpc) is 1.99. The fraction of sp³-hybridized carbons (Fsp3) is 0.500. The Morgan fingerprint density at radius 3 is 2.33 bits per heavy atom. The SMILES string of the molecule is CCOC(=O)/C(=C/OC)C(C)=O. The van der Waals surface area contributed by atoms with Crippen LogP contribution in [0.1, 0.15) is 13.8 Å². The highest BCUT2D eigenvalue weighted by Crippen LogP contribution is 1.99. The Morgan fingerprint density at radius 2 is 2.00 bits per heavy atom. The smallest absolute Gasteiger partial charge is 0.344 e. The van der Waals surface area contributed by atoms with E-state index in [1.54, 1.807) is 6.92 Å². The van der Waals surface area contributed by atoms with Gasteiger partial charge in [-0.25, -0.2) is 4.79 Å². The van der Waals surface area contributed by atoms with Gasteiger partial charge in [0, 0.05) is 0 Å². The first-order chi connectivity index (χ1) is 5.63. The van der Waals surface area contributed by atoms with Crippen molar-refractivity contribution in [3.05, 3.63) is 11.8 Å². The van der Waals surface area contributed by atoms with Crippen molar-refractivity contribution in [2.75, 3.05) is 13.7 Å². The van der Waals surface area contributed by atoms with Gasteiger partial charge in [-0.2, -0.15) is 0 Å². The van der Waals surface area contributed by atoms with Crippen molar-refractivity contribution in [2.45, 2.75) is 13.8 Å². The summed E-state index contributed by atoms with van der Waals surface area (Å²) in [4.78, 5) is 21.8. The highest BCUT2D eigenvalue weighted by atomic mass is 16.5. The number of rotatable bonds is 4. The van der Waals surface area contributed by atoms with Crippen molar-refractivity contribution in [3.8, 4) is 0 Å². The second-order valence-electron chi connectivity index (χ2n) is 2.04. The first-order valence-electron chi connectivity index (χ1n) is 3.54. The molecule has 0 atom stereocenters. The van der Waals surface area contributed by atoms with E-state index in [4.69, 9.17) is 0 Å². The summed E-state index contributed by atoms with van der Waals surface area (Å²) in [7, 11) is 1.36. The molecule has 4 nitrogen and oxygen atoms in total. The molecule has 0 unspecified atom stereocenters. The number of hydrogen-bond acceptors (Lipinski definition) is 4. The lowest BCUT2D eigenvalue weighted by Crippen LogP contribution is -2.13. The van der Waals surface area contributed by atoms with E-state index in [0.717, 1.165) is 6.26 Å². The van der Waals surface area contributed by atoms with E-state index in [2.05, 4.69) is 9.47 Å². The lowest BCUT2D eigenvalue weighted by atomic mass is 10.2. The lowest BCUT2D eigenvalue weighted by Gasteiger charge is -2.01. The minimum absolute atomic E-state index is 0.0700. The van der Waals surface area contributed by atoms with Crippen LogP contribution in [0.15, 0.2) is 11.8 Å². The minimum atomic E-state index is -0.646. The van der Waals surface area contributed by atoms with Gasteiger partial charge in [0.15, 0.2) is 5.78 Å². The maximum atomic E-state index is 11.0. The molecule has 0 spiro atoms. The van der Waals surface area contributed by atoms with Crippen molar-refractivity contribution in [3.63, 3.8) is 0 Å². The molecule has 0 amide bonds. The number of ketones is 1. The molecule has 0 aliphatic carbocycles. The summed E-state index contributed by atoms with van der Waals surface area (Å²) in [6.45, 7) is 3.19. The topological polar surface area (TPSA) is 52.6 Å². The van der Waals surface area contributed by atoms with Gasteiger partial charge in [0.25, 0.3) is 0 Å². The van der Waals surface area contributed by atoms with Crippen LogP contribution in [0.25, 0.3) is 0 Å². The zero-order valence-corrected chi connectivity index (χ0v) is 7.42. The van der Waals surface area contributed by atoms with Crippen LogP contribution in [0.3, 0.4) is 0 Å². The number of ether oxygens (including phenoxy) is 2. The van der Waals surface area contributed by atoms with Crippen molar-refractivity contribution in [1.29, 1.82) is 0 Å². The maximum absolute atomic E-state index is 11.0. The third-order valence-corrected chi connectivity index (χ3v) is 1.11. The fourth-order valence-electron chi connectivity index (χ4n) is 0.602. The summed E-state index contributed by atoms with van der Waals surface area (Å²) in [5, 5.41) is 0. The largest absolute Gasteiger partial charge is 0.503 e. The molecule has 0 N–H and O–H groups in total. The van der Waals surface area contributed by atoms with Crippen molar-refractivity contribution < 1.29 is 19.1 Å². The van der Waals surface area contributed by atoms with Gasteiger partial charge in [-0.15, -0.1) is 0 Å². The van der Waals surface area contributed by atoms with E-state index in [1.807, 2.05) is 0 Å². The Kier molecular flexibility index (Phi) is 4.76. The van der Waals surface area contributed by atoms with Gasteiger partial charge in [0.05, 0.1) is 13.7 Å². The van der Waals surface area contributed by atoms with Gasteiger partial charge in [-0.1, -0.05) is 0 Å². The molecule has 0 saturated carbocycles. The first kappa shape index (κ1) is 10.7. The third kappa shape index (κ3) is 3.18. The molecule has 0 rings (SSSR count). The molecule has 12 heavy (non-hydrogen) atoms. The molecule has 0 heterocycles. The number of methoxy groups -OCH3 is 1. The molecule has 0 aromatic carbocycles. The molecule has 4 heteroatoms. The number of Topliss-reactive ketones (excluding diaryl/α,β-unsaturated/α-hetero) is 1. The Morgan fingerprint density at radius 1 is 1.42 bits per heavy atom. The molecule has 68 valence electrons. The van der Waals surface area contributed by atoms with Crippen molar-refractivity contribution in [1.82, 2.24) is 0 Å². The molecule has 0 aromatic rings. The summed E-state index contributed by atoms with van der Waals surface area (Å²) in [5.74, 6) is -1.01. The van der Waals surface area contributed by atoms with Crippen LogP contribution in [-0.2, 0) is 19.1 Å². The molecule has 0 aliphatic rings. The normalized spacial score (nSPS) is 10.8. The average molecular weight is 172 g/mol. The van der Waals surface area contributed by atoms with Gasteiger partial charge < -0.3 is 9.47 Å². The second kappa shape index (κ2) is 5.35. The van der Waals surface area contributed by atoms with Crippen LogP contribution in [-0.4, -0.2) is 25.5 Å². The van der Waals surface area contributed by atoms with Crippen LogP contribution < -0.4 is 0 Å². The predicted molar refractivity (Wildman–Crippen MR) is 42.4 cm³/mol. The molecular weight excluding hydrogens is 160 g/mol. The number of hydrogen-bond donors (Lipinski definition) is 0. The maximum Gasteiger partial charge on any atom is 0.344 e. The minimum Gasteiger partial charge on any atom is -0.503 e. The van der Waals surface area contributed by atoms with Gasteiger partial charge >= 0.3 is 5.97 Å². The van der Waals surface area contributed by atoms with E-state index < -0.39 is 5.97 Å². The summed E-state index contributed by atoms with van der Waals surface area (Å²) < 4.78 is 9.16. The van der Waals surface area contributed by atoms with Gasteiger partial charge in [0.1, 0.15) is 11.8 Å². The van der Waals surface area contributed by atoms with Crippen molar-refractivity contribution in [2.24, 2.45) is 0 Å². The lowest BCUT2D eigenvalue weighted by molar-refractivity contribution is -0.140.